The van der Waals surface area contributed by atoms with Gasteiger partial charge in [0, 0.05) is 0 Å². The van der Waals surface area contributed by atoms with Crippen molar-refractivity contribution in [1.82, 2.24) is 0 Å². The Bertz CT molecular complexity index is 149. The third kappa shape index (κ3) is 3.38. The van der Waals surface area contributed by atoms with Crippen LogP contribution >= 0.6 is 0 Å². The van der Waals surface area contributed by atoms with Crippen LogP contribution in [0.25, 0.3) is 0 Å². The Morgan fingerprint density at radius 3 is 2.08 bits per heavy atom. The minimum atomic E-state index is -0.644. The molecule has 1 N–H and O–H groups in total. The molecule has 0 bridgehead atoms. The van der Waals surface area contributed by atoms with Crippen molar-refractivity contribution in [3.05, 3.63) is 0 Å². The lowest BCUT2D eigenvalue weighted by Gasteiger charge is -2.42. The molecule has 3 heteroatoms. The summed E-state index contributed by atoms with van der Waals surface area (Å²) in [6.07, 6.45) is 1.58. The average molecular weight is 179 g/mol. The summed E-state index contributed by atoms with van der Waals surface area (Å²) in [5.41, 5.74) is -0.729. The Labute approximate surface area is 85.0 Å². The second-order valence-corrected chi connectivity index (χ2v) is 4.94. The van der Waals surface area contributed by atoms with Gasteiger partial charge in [-0.2, -0.15) is 0 Å². The lowest BCUT2D eigenvalue weighted by Crippen LogP contribution is -2.43. The molecule has 0 aliphatic rings. The van der Waals surface area contributed by atoms with Gasteiger partial charge in [0.05, 0.1) is 13.4 Å². The molecule has 0 aromatic rings. The highest BCUT2D eigenvalue weighted by molar-refractivity contribution is 6.47. The van der Waals surface area contributed by atoms with Gasteiger partial charge in [-0.3, -0.25) is 0 Å². The standard InChI is InChI=1S/C10H21B2O/c1-8(6-12-7-11)9(2,3)10(4,5)13/h8,13H,6-7H2,1-5H3. The molecule has 13 heavy (non-hydrogen) atoms. The maximum Gasteiger partial charge on any atom is 0.100 e. The van der Waals surface area contributed by atoms with Crippen LogP contribution < -0.4 is 0 Å². The number of hydrogen-bond acceptors (Lipinski definition) is 1. The van der Waals surface area contributed by atoms with Gasteiger partial charge in [0.25, 0.3) is 0 Å². The van der Waals surface area contributed by atoms with Crippen LogP contribution in [0.15, 0.2) is 0 Å². The molecule has 1 atom stereocenters. The van der Waals surface area contributed by atoms with Gasteiger partial charge < -0.3 is 5.11 Å². The van der Waals surface area contributed by atoms with E-state index in [0.29, 0.717) is 12.1 Å². The highest BCUT2D eigenvalue weighted by Gasteiger charge is 2.38. The summed E-state index contributed by atoms with van der Waals surface area (Å²) in [7, 11) is 7.48. The van der Waals surface area contributed by atoms with Gasteiger partial charge in [0.1, 0.15) is 7.28 Å². The minimum Gasteiger partial charge on any atom is -0.390 e. The predicted molar refractivity (Wildman–Crippen MR) is 60.4 cm³/mol. The Morgan fingerprint density at radius 2 is 1.77 bits per heavy atom. The van der Waals surface area contributed by atoms with Gasteiger partial charge in [-0.15, -0.1) is 6.22 Å². The number of hydrogen-bond donors (Lipinski definition) is 1. The van der Waals surface area contributed by atoms with Crippen LogP contribution in [0, 0.1) is 11.3 Å². The van der Waals surface area contributed by atoms with Crippen LogP contribution in [0.2, 0.25) is 12.5 Å². The molecule has 0 aromatic heterocycles. The predicted octanol–water partition coefficient (Wildman–Crippen LogP) is 2.09. The van der Waals surface area contributed by atoms with E-state index in [9.17, 15) is 5.11 Å². The van der Waals surface area contributed by atoms with Crippen molar-refractivity contribution in [3.63, 3.8) is 0 Å². The van der Waals surface area contributed by atoms with Crippen LogP contribution in [0.4, 0.5) is 0 Å². The monoisotopic (exact) mass is 179 g/mol. The van der Waals surface area contributed by atoms with E-state index in [4.69, 9.17) is 7.85 Å². The Balaban J connectivity index is 4.27. The molecule has 0 aliphatic carbocycles. The lowest BCUT2D eigenvalue weighted by atomic mass is 9.55. The van der Waals surface area contributed by atoms with Gasteiger partial charge in [-0.05, 0) is 25.2 Å². The highest BCUT2D eigenvalue weighted by Crippen LogP contribution is 2.39. The fraction of sp³-hybridized carbons (Fsp3) is 1.00. The molecular formula is C10H21B2O. The molecule has 1 unspecified atom stereocenters. The first-order valence-electron chi connectivity index (χ1n) is 4.97. The van der Waals surface area contributed by atoms with Gasteiger partial charge in [0.2, 0.25) is 0 Å². The molecule has 0 fully saturated rings. The largest absolute Gasteiger partial charge is 0.390 e. The van der Waals surface area contributed by atoms with Crippen molar-refractivity contribution in [1.29, 1.82) is 0 Å². The zero-order valence-electron chi connectivity index (χ0n) is 9.59. The summed E-state index contributed by atoms with van der Waals surface area (Å²) < 4.78 is 0. The third-order valence-electron chi connectivity index (χ3n) is 3.50. The topological polar surface area (TPSA) is 20.2 Å². The molecule has 0 saturated carbocycles. The molecule has 0 amide bonds. The lowest BCUT2D eigenvalue weighted by molar-refractivity contribution is -0.0603. The van der Waals surface area contributed by atoms with E-state index >= 15 is 0 Å². The normalized spacial score (nSPS) is 15.5. The van der Waals surface area contributed by atoms with Crippen LogP contribution in [0.1, 0.15) is 34.6 Å². The average Bonchev–Trinajstić information content (AvgIpc) is 1.97. The summed E-state index contributed by atoms with van der Waals surface area (Å²) in [6, 6.07) is 0. The summed E-state index contributed by atoms with van der Waals surface area (Å²) in [5.74, 6) is 0.441. The molecule has 0 aromatic carbocycles. The first-order chi connectivity index (χ1) is 5.73. The van der Waals surface area contributed by atoms with Gasteiger partial charge in [-0.25, -0.2) is 0 Å². The molecule has 1 nitrogen and oxygen atoms in total. The van der Waals surface area contributed by atoms with Crippen LogP contribution in [-0.2, 0) is 0 Å². The Morgan fingerprint density at radius 1 is 1.31 bits per heavy atom. The SMILES string of the molecule is [B]C[B]CC(C)C(C)(C)C(C)(C)O. The summed E-state index contributed by atoms with van der Waals surface area (Å²) in [6.45, 7) is 10.1. The maximum absolute atomic E-state index is 9.97. The molecule has 0 heterocycles. The molecule has 0 saturated heterocycles. The van der Waals surface area contributed by atoms with Crippen LogP contribution in [-0.4, -0.2) is 25.8 Å². The first kappa shape index (κ1) is 13.1. The van der Waals surface area contributed by atoms with E-state index in [1.54, 1.807) is 0 Å². The van der Waals surface area contributed by atoms with Gasteiger partial charge >= 0.3 is 0 Å². The van der Waals surface area contributed by atoms with E-state index in [2.05, 4.69) is 28.1 Å². The van der Waals surface area contributed by atoms with Crippen molar-refractivity contribution in [3.8, 4) is 0 Å². The molecule has 0 spiro atoms. The Hall–Kier alpha value is 0.0899. The summed E-state index contributed by atoms with van der Waals surface area (Å²) >= 11 is 0. The highest BCUT2D eigenvalue weighted by atomic mass is 16.3. The van der Waals surface area contributed by atoms with Crippen molar-refractivity contribution < 1.29 is 5.11 Å². The molecule has 3 radical (unpaired) electrons. The quantitative estimate of drug-likeness (QED) is 0.640. The summed E-state index contributed by atoms with van der Waals surface area (Å²) in [5, 5.41) is 9.97. The number of aliphatic hydroxyl groups is 1. The van der Waals surface area contributed by atoms with E-state index in [1.807, 2.05) is 13.8 Å². The molecule has 0 aliphatic heterocycles. The third-order valence-corrected chi connectivity index (χ3v) is 3.50. The second-order valence-electron chi connectivity index (χ2n) is 4.94. The fourth-order valence-corrected chi connectivity index (χ4v) is 1.24. The first-order valence-corrected chi connectivity index (χ1v) is 4.97. The van der Waals surface area contributed by atoms with E-state index in [-0.39, 0.29) is 5.41 Å². The van der Waals surface area contributed by atoms with Crippen LogP contribution in [0.3, 0.4) is 0 Å². The number of rotatable bonds is 5. The second kappa shape index (κ2) is 4.54. The molecule has 73 valence electrons. The van der Waals surface area contributed by atoms with Crippen molar-refractivity contribution in [2.45, 2.75) is 52.8 Å². The fourth-order valence-electron chi connectivity index (χ4n) is 1.24. The van der Waals surface area contributed by atoms with Gasteiger partial charge in [0.15, 0.2) is 0 Å². The van der Waals surface area contributed by atoms with Gasteiger partial charge in [-0.1, -0.05) is 27.1 Å². The zero-order chi connectivity index (χ0) is 10.7. The van der Waals surface area contributed by atoms with Crippen LogP contribution in [0.5, 0.6) is 0 Å². The minimum absolute atomic E-state index is 0.0847. The molecule has 0 rings (SSSR count). The van der Waals surface area contributed by atoms with Crippen molar-refractivity contribution in [2.75, 3.05) is 0 Å². The van der Waals surface area contributed by atoms with Crippen molar-refractivity contribution >= 4 is 15.1 Å². The smallest absolute Gasteiger partial charge is 0.100 e. The molecular weight excluding hydrogens is 158 g/mol. The van der Waals surface area contributed by atoms with E-state index in [0.717, 1.165) is 6.32 Å². The Kier molecular flexibility index (Phi) is 4.58. The summed E-state index contributed by atoms with van der Waals surface area (Å²) in [4.78, 5) is 0. The zero-order valence-corrected chi connectivity index (χ0v) is 9.59. The van der Waals surface area contributed by atoms with E-state index in [1.165, 1.54) is 0 Å². The van der Waals surface area contributed by atoms with Crippen molar-refractivity contribution in [2.24, 2.45) is 11.3 Å². The van der Waals surface area contributed by atoms with E-state index < -0.39 is 5.60 Å². The maximum atomic E-state index is 9.97.